The highest BCUT2D eigenvalue weighted by Crippen LogP contribution is 2.18. The number of fused-ring (bicyclic) bond motifs is 1. The van der Waals surface area contributed by atoms with Crippen LogP contribution in [0.3, 0.4) is 0 Å². The van der Waals surface area contributed by atoms with Gasteiger partial charge >= 0.3 is 0 Å². The van der Waals surface area contributed by atoms with Crippen LogP contribution in [-0.4, -0.2) is 37.2 Å². The van der Waals surface area contributed by atoms with Crippen molar-refractivity contribution in [3.63, 3.8) is 0 Å². The Labute approximate surface area is 117 Å². The molecule has 1 aliphatic rings. The zero-order chi connectivity index (χ0) is 14.2. The number of ether oxygens (including phenoxy) is 1. The second-order valence-corrected chi connectivity index (χ2v) is 6.76. The van der Waals surface area contributed by atoms with Crippen molar-refractivity contribution in [3.05, 3.63) is 24.5 Å². The van der Waals surface area contributed by atoms with Crippen molar-refractivity contribution < 1.29 is 13.2 Å². The molecule has 1 atom stereocenters. The van der Waals surface area contributed by atoms with Gasteiger partial charge in [0.2, 0.25) is 10.0 Å². The number of hydrogen-bond acceptors (Lipinski definition) is 4. The van der Waals surface area contributed by atoms with E-state index in [1.165, 1.54) is 0 Å². The van der Waals surface area contributed by atoms with Crippen LogP contribution in [-0.2, 0) is 21.8 Å². The predicted molar refractivity (Wildman–Crippen MR) is 74.9 cm³/mol. The van der Waals surface area contributed by atoms with Crippen molar-refractivity contribution in [2.45, 2.75) is 23.8 Å². The Bertz CT molecular complexity index is 718. The Kier molecular flexibility index (Phi) is 3.49. The lowest BCUT2D eigenvalue weighted by Gasteiger charge is -2.11. The van der Waals surface area contributed by atoms with Crippen molar-refractivity contribution >= 4 is 21.1 Å². The first kappa shape index (κ1) is 13.5. The Morgan fingerprint density at radius 2 is 2.35 bits per heavy atom. The minimum atomic E-state index is -3.51. The monoisotopic (exact) mass is 295 g/mol. The fourth-order valence-electron chi connectivity index (χ4n) is 2.37. The highest BCUT2D eigenvalue weighted by molar-refractivity contribution is 7.89. The van der Waals surface area contributed by atoms with E-state index in [4.69, 9.17) is 4.74 Å². The topological polar surface area (TPSA) is 73.2 Å². The molecule has 6 nitrogen and oxygen atoms in total. The summed E-state index contributed by atoms with van der Waals surface area (Å²) in [6.07, 6.45) is 3.55. The van der Waals surface area contributed by atoms with Gasteiger partial charge in [-0.3, -0.25) is 0 Å². The summed E-state index contributed by atoms with van der Waals surface area (Å²) in [5.41, 5.74) is 1.58. The normalized spacial score (nSPS) is 19.8. The van der Waals surface area contributed by atoms with E-state index in [2.05, 4.69) is 9.71 Å². The largest absolute Gasteiger partial charge is 0.377 e. The molecule has 7 heteroatoms. The van der Waals surface area contributed by atoms with E-state index < -0.39 is 10.0 Å². The summed E-state index contributed by atoms with van der Waals surface area (Å²) < 4.78 is 34.3. The molecule has 1 aromatic heterocycles. The molecule has 3 rings (SSSR count). The Morgan fingerprint density at radius 3 is 3.10 bits per heavy atom. The SMILES string of the molecule is Cn1cnc2cc(S(=O)(=O)NCC3CCCO3)ccc21. The van der Waals surface area contributed by atoms with Crippen molar-refractivity contribution in [1.29, 1.82) is 0 Å². The van der Waals surface area contributed by atoms with Gasteiger partial charge in [-0.25, -0.2) is 18.1 Å². The van der Waals surface area contributed by atoms with Crippen molar-refractivity contribution in [2.24, 2.45) is 7.05 Å². The van der Waals surface area contributed by atoms with Crippen LogP contribution >= 0.6 is 0 Å². The van der Waals surface area contributed by atoms with Gasteiger partial charge in [0.1, 0.15) is 0 Å². The van der Waals surface area contributed by atoms with Crippen LogP contribution in [0.15, 0.2) is 29.4 Å². The third kappa shape index (κ3) is 2.56. The maximum atomic E-state index is 12.2. The minimum Gasteiger partial charge on any atom is -0.377 e. The van der Waals surface area contributed by atoms with Crippen LogP contribution < -0.4 is 4.72 Å². The second-order valence-electron chi connectivity index (χ2n) is 4.99. The Morgan fingerprint density at radius 1 is 1.50 bits per heavy atom. The van der Waals surface area contributed by atoms with E-state index in [0.717, 1.165) is 18.4 Å². The van der Waals surface area contributed by atoms with E-state index in [-0.39, 0.29) is 11.0 Å². The molecule has 2 aromatic rings. The molecule has 0 spiro atoms. The van der Waals surface area contributed by atoms with Gasteiger partial charge in [-0.15, -0.1) is 0 Å². The van der Waals surface area contributed by atoms with Crippen molar-refractivity contribution in [2.75, 3.05) is 13.2 Å². The first-order valence-electron chi connectivity index (χ1n) is 6.58. The van der Waals surface area contributed by atoms with Crippen LogP contribution in [0.4, 0.5) is 0 Å². The molecular formula is C13H17N3O3S. The van der Waals surface area contributed by atoms with Crippen LogP contribution in [0.5, 0.6) is 0 Å². The Balaban J connectivity index is 1.80. The average molecular weight is 295 g/mol. The molecule has 0 amide bonds. The van der Waals surface area contributed by atoms with E-state index in [0.29, 0.717) is 18.7 Å². The molecule has 1 saturated heterocycles. The third-order valence-electron chi connectivity index (χ3n) is 3.53. The maximum Gasteiger partial charge on any atom is 0.240 e. The Hall–Kier alpha value is -1.44. The lowest BCUT2D eigenvalue weighted by molar-refractivity contribution is 0.114. The summed E-state index contributed by atoms with van der Waals surface area (Å²) in [5.74, 6) is 0. The second kappa shape index (κ2) is 5.16. The van der Waals surface area contributed by atoms with Gasteiger partial charge in [-0.1, -0.05) is 0 Å². The van der Waals surface area contributed by atoms with E-state index in [9.17, 15) is 8.42 Å². The molecule has 20 heavy (non-hydrogen) atoms. The van der Waals surface area contributed by atoms with E-state index >= 15 is 0 Å². The number of aromatic nitrogens is 2. The van der Waals surface area contributed by atoms with Crippen LogP contribution in [0.25, 0.3) is 11.0 Å². The number of imidazole rings is 1. The maximum absolute atomic E-state index is 12.2. The molecular weight excluding hydrogens is 278 g/mol. The number of benzene rings is 1. The molecule has 0 aliphatic carbocycles. The molecule has 1 aliphatic heterocycles. The zero-order valence-corrected chi connectivity index (χ0v) is 12.1. The molecule has 0 radical (unpaired) electrons. The molecule has 1 N–H and O–H groups in total. The predicted octanol–water partition coefficient (Wildman–Crippen LogP) is 1.03. The van der Waals surface area contributed by atoms with Gasteiger partial charge < -0.3 is 9.30 Å². The van der Waals surface area contributed by atoms with Gasteiger partial charge in [0.05, 0.1) is 28.4 Å². The molecule has 108 valence electrons. The summed E-state index contributed by atoms with van der Waals surface area (Å²) >= 11 is 0. The summed E-state index contributed by atoms with van der Waals surface area (Å²) in [6, 6.07) is 4.96. The summed E-state index contributed by atoms with van der Waals surface area (Å²) in [5, 5.41) is 0. The van der Waals surface area contributed by atoms with Crippen molar-refractivity contribution in [1.82, 2.24) is 14.3 Å². The number of sulfonamides is 1. The molecule has 0 saturated carbocycles. The first-order valence-corrected chi connectivity index (χ1v) is 8.07. The quantitative estimate of drug-likeness (QED) is 0.914. The fourth-order valence-corrected chi connectivity index (χ4v) is 3.46. The van der Waals surface area contributed by atoms with Gasteiger partial charge in [0, 0.05) is 20.2 Å². The number of aryl methyl sites for hydroxylation is 1. The smallest absolute Gasteiger partial charge is 0.240 e. The van der Waals surface area contributed by atoms with E-state index in [1.807, 2.05) is 11.6 Å². The molecule has 2 heterocycles. The standard InChI is InChI=1S/C13H17N3O3S/c1-16-9-14-12-7-11(4-5-13(12)16)20(17,18)15-8-10-3-2-6-19-10/h4-5,7,9-10,15H,2-3,6,8H2,1H3. The van der Waals surface area contributed by atoms with Crippen LogP contribution in [0.1, 0.15) is 12.8 Å². The van der Waals surface area contributed by atoms with Gasteiger partial charge in [-0.2, -0.15) is 0 Å². The number of nitrogens with zero attached hydrogens (tertiary/aromatic N) is 2. The minimum absolute atomic E-state index is 0.0108. The summed E-state index contributed by atoms with van der Waals surface area (Å²) in [4.78, 5) is 4.41. The number of hydrogen-bond donors (Lipinski definition) is 1. The zero-order valence-electron chi connectivity index (χ0n) is 11.2. The van der Waals surface area contributed by atoms with Gasteiger partial charge in [0.25, 0.3) is 0 Å². The van der Waals surface area contributed by atoms with Crippen LogP contribution in [0, 0.1) is 0 Å². The highest BCUT2D eigenvalue weighted by atomic mass is 32.2. The van der Waals surface area contributed by atoms with E-state index in [1.54, 1.807) is 24.5 Å². The molecule has 1 unspecified atom stereocenters. The average Bonchev–Trinajstić information content (AvgIpc) is 3.07. The van der Waals surface area contributed by atoms with Gasteiger partial charge in [0.15, 0.2) is 0 Å². The molecule has 1 fully saturated rings. The lowest BCUT2D eigenvalue weighted by Crippen LogP contribution is -2.31. The molecule has 1 aromatic carbocycles. The van der Waals surface area contributed by atoms with Gasteiger partial charge in [-0.05, 0) is 31.0 Å². The summed E-state index contributed by atoms with van der Waals surface area (Å²) in [7, 11) is -1.64. The fraction of sp³-hybridized carbons (Fsp3) is 0.462. The number of nitrogens with one attached hydrogen (secondary N) is 1. The summed E-state index contributed by atoms with van der Waals surface area (Å²) in [6.45, 7) is 1.04. The first-order chi connectivity index (χ1) is 9.56. The third-order valence-corrected chi connectivity index (χ3v) is 4.95. The van der Waals surface area contributed by atoms with Crippen LogP contribution in [0.2, 0.25) is 0 Å². The number of rotatable bonds is 4. The molecule has 0 bridgehead atoms. The highest BCUT2D eigenvalue weighted by Gasteiger charge is 2.20. The van der Waals surface area contributed by atoms with Crippen molar-refractivity contribution in [3.8, 4) is 0 Å². The lowest BCUT2D eigenvalue weighted by atomic mass is 10.2.